The molecule has 0 aliphatic carbocycles. The third kappa shape index (κ3) is 1.91. The van der Waals surface area contributed by atoms with Gasteiger partial charge in [-0.2, -0.15) is 0 Å². The monoisotopic (exact) mass is 241 g/mol. The highest BCUT2D eigenvalue weighted by Crippen LogP contribution is 2.22. The fourth-order valence-corrected chi connectivity index (χ4v) is 1.55. The number of hydrogen-bond donors (Lipinski definition) is 1. The van der Waals surface area contributed by atoms with E-state index in [0.29, 0.717) is 5.69 Å². The van der Waals surface area contributed by atoms with Gasteiger partial charge in [-0.3, -0.25) is 4.57 Å². The third-order valence-corrected chi connectivity index (χ3v) is 2.41. The number of nitrogens with two attached hydrogens (primary N) is 1. The number of aromatic nitrogens is 2. The Labute approximate surface area is 95.7 Å². The van der Waals surface area contributed by atoms with E-state index < -0.39 is 23.5 Å². The zero-order valence-corrected chi connectivity index (χ0v) is 8.99. The molecule has 2 rings (SSSR count). The lowest BCUT2D eigenvalue weighted by Crippen LogP contribution is -2.12. The zero-order valence-electron chi connectivity index (χ0n) is 8.99. The van der Waals surface area contributed by atoms with E-state index in [4.69, 9.17) is 5.73 Å². The molecule has 0 unspecified atom stereocenters. The van der Waals surface area contributed by atoms with Gasteiger partial charge in [-0.1, -0.05) is 0 Å². The number of hydrogen-bond acceptors (Lipinski definition) is 2. The van der Waals surface area contributed by atoms with Crippen LogP contribution in [-0.4, -0.2) is 9.55 Å². The van der Waals surface area contributed by atoms with Crippen molar-refractivity contribution in [1.82, 2.24) is 9.55 Å². The first-order valence-electron chi connectivity index (χ1n) is 4.94. The average molecular weight is 241 g/mol. The van der Waals surface area contributed by atoms with E-state index in [-0.39, 0.29) is 5.69 Å². The largest absolute Gasteiger partial charge is 0.323 e. The van der Waals surface area contributed by atoms with Crippen LogP contribution < -0.4 is 5.73 Å². The summed E-state index contributed by atoms with van der Waals surface area (Å²) in [4.78, 5) is 3.81. The minimum Gasteiger partial charge on any atom is -0.323 e. The molecule has 0 radical (unpaired) electrons. The van der Waals surface area contributed by atoms with Gasteiger partial charge in [0.15, 0.2) is 17.5 Å². The summed E-state index contributed by atoms with van der Waals surface area (Å²) >= 11 is 0. The minimum absolute atomic E-state index is 0.117. The van der Waals surface area contributed by atoms with Crippen LogP contribution in [0.25, 0.3) is 5.69 Å². The van der Waals surface area contributed by atoms with E-state index in [9.17, 15) is 13.2 Å². The van der Waals surface area contributed by atoms with E-state index in [1.807, 2.05) is 0 Å². The Bertz CT molecular complexity index is 549. The molecule has 0 spiro atoms. The maximum atomic E-state index is 13.6. The molecule has 0 bridgehead atoms. The van der Waals surface area contributed by atoms with Crippen LogP contribution >= 0.6 is 0 Å². The molecule has 1 atom stereocenters. The van der Waals surface area contributed by atoms with Crippen molar-refractivity contribution >= 4 is 0 Å². The van der Waals surface area contributed by atoms with Gasteiger partial charge in [0.2, 0.25) is 0 Å². The van der Waals surface area contributed by atoms with Gasteiger partial charge in [0.05, 0.1) is 23.9 Å². The second-order valence-electron chi connectivity index (χ2n) is 3.67. The predicted molar refractivity (Wildman–Crippen MR) is 56.0 cm³/mol. The van der Waals surface area contributed by atoms with Crippen molar-refractivity contribution in [3.63, 3.8) is 0 Å². The highest BCUT2D eigenvalue weighted by Gasteiger charge is 2.17. The number of nitrogens with zero attached hydrogens (tertiary/aromatic N) is 2. The molecule has 90 valence electrons. The third-order valence-electron chi connectivity index (χ3n) is 2.41. The summed E-state index contributed by atoms with van der Waals surface area (Å²) in [5, 5.41) is 0. The second-order valence-corrected chi connectivity index (χ2v) is 3.67. The summed E-state index contributed by atoms with van der Waals surface area (Å²) in [6.45, 7) is 1.69. The van der Waals surface area contributed by atoms with Crippen LogP contribution in [0.2, 0.25) is 0 Å². The molecule has 0 fully saturated rings. The molecule has 1 aromatic carbocycles. The Hall–Kier alpha value is -1.82. The van der Waals surface area contributed by atoms with Crippen molar-refractivity contribution in [2.45, 2.75) is 13.0 Å². The number of imidazole rings is 1. The lowest BCUT2D eigenvalue weighted by molar-refractivity contribution is 0.444. The maximum absolute atomic E-state index is 13.6. The highest BCUT2D eigenvalue weighted by atomic mass is 19.2. The van der Waals surface area contributed by atoms with Crippen LogP contribution in [0.3, 0.4) is 0 Å². The molecule has 0 amide bonds. The van der Waals surface area contributed by atoms with E-state index in [2.05, 4.69) is 4.98 Å². The molecular weight excluding hydrogens is 231 g/mol. The second kappa shape index (κ2) is 4.21. The van der Waals surface area contributed by atoms with Crippen molar-refractivity contribution in [3.8, 4) is 5.69 Å². The summed E-state index contributed by atoms with van der Waals surface area (Å²) in [5.41, 5.74) is 6.06. The molecule has 2 N–H and O–H groups in total. The smallest absolute Gasteiger partial charge is 0.196 e. The first kappa shape index (κ1) is 11.7. The summed E-state index contributed by atoms with van der Waals surface area (Å²) in [5.74, 6) is -3.99. The summed E-state index contributed by atoms with van der Waals surface area (Å²) in [7, 11) is 0. The Kier molecular flexibility index (Phi) is 2.89. The summed E-state index contributed by atoms with van der Waals surface area (Å²) < 4.78 is 40.8. The predicted octanol–water partition coefficient (Wildman–Crippen LogP) is 2.31. The molecule has 0 saturated carbocycles. The lowest BCUT2D eigenvalue weighted by atomic mass is 10.2. The van der Waals surface area contributed by atoms with Gasteiger partial charge in [-0.05, 0) is 19.1 Å². The number of benzene rings is 1. The van der Waals surface area contributed by atoms with E-state index in [0.717, 1.165) is 12.1 Å². The number of halogens is 3. The van der Waals surface area contributed by atoms with Gasteiger partial charge in [0.25, 0.3) is 0 Å². The van der Waals surface area contributed by atoms with Crippen molar-refractivity contribution in [2.24, 2.45) is 5.73 Å². The van der Waals surface area contributed by atoms with Gasteiger partial charge in [0.1, 0.15) is 0 Å². The van der Waals surface area contributed by atoms with Crippen molar-refractivity contribution in [2.75, 3.05) is 0 Å². The molecule has 6 heteroatoms. The lowest BCUT2D eigenvalue weighted by Gasteiger charge is -2.11. The molecule has 3 nitrogen and oxygen atoms in total. The zero-order chi connectivity index (χ0) is 12.6. The molecule has 0 aliphatic heterocycles. The molecule has 0 saturated heterocycles. The van der Waals surface area contributed by atoms with Crippen LogP contribution in [-0.2, 0) is 0 Å². The minimum atomic E-state index is -1.51. The van der Waals surface area contributed by atoms with Gasteiger partial charge in [-0.15, -0.1) is 0 Å². The molecule has 2 aromatic rings. The first-order valence-corrected chi connectivity index (χ1v) is 4.94. The van der Waals surface area contributed by atoms with E-state index >= 15 is 0 Å². The fraction of sp³-hybridized carbons (Fsp3) is 0.182. The van der Waals surface area contributed by atoms with Crippen molar-refractivity contribution < 1.29 is 13.2 Å². The van der Waals surface area contributed by atoms with Gasteiger partial charge >= 0.3 is 0 Å². The van der Waals surface area contributed by atoms with E-state index in [1.54, 1.807) is 6.92 Å². The van der Waals surface area contributed by atoms with Crippen LogP contribution in [0.4, 0.5) is 13.2 Å². The SMILES string of the molecule is C[C@H](N)c1cncn1-c1ccc(F)c(F)c1F. The van der Waals surface area contributed by atoms with Crippen LogP contribution in [0.1, 0.15) is 18.7 Å². The molecule has 1 heterocycles. The highest BCUT2D eigenvalue weighted by molar-refractivity contribution is 5.37. The first-order chi connectivity index (χ1) is 8.02. The Balaban J connectivity index is 2.61. The summed E-state index contributed by atoms with van der Waals surface area (Å²) in [6, 6.07) is 1.60. The normalized spacial score (nSPS) is 12.8. The number of rotatable bonds is 2. The maximum Gasteiger partial charge on any atom is 0.196 e. The van der Waals surface area contributed by atoms with Crippen LogP contribution in [0.5, 0.6) is 0 Å². The quantitative estimate of drug-likeness (QED) is 0.820. The molecule has 17 heavy (non-hydrogen) atoms. The average Bonchev–Trinajstić information content (AvgIpc) is 2.75. The molecular formula is C11H10F3N3. The Morgan fingerprint density at radius 2 is 1.94 bits per heavy atom. The van der Waals surface area contributed by atoms with Crippen LogP contribution in [0.15, 0.2) is 24.7 Å². The standard InChI is InChI=1S/C11H10F3N3/c1-6(15)9-4-16-5-17(9)8-3-2-7(12)10(13)11(8)14/h2-6H,15H2,1H3/t6-/m0/s1. The van der Waals surface area contributed by atoms with Gasteiger partial charge < -0.3 is 5.73 Å². The fourth-order valence-electron chi connectivity index (χ4n) is 1.55. The van der Waals surface area contributed by atoms with Gasteiger partial charge in [0, 0.05) is 6.04 Å². The van der Waals surface area contributed by atoms with Crippen molar-refractivity contribution in [1.29, 1.82) is 0 Å². The molecule has 1 aromatic heterocycles. The Morgan fingerprint density at radius 1 is 1.24 bits per heavy atom. The summed E-state index contributed by atoms with van der Waals surface area (Å²) in [6.07, 6.45) is 2.75. The van der Waals surface area contributed by atoms with Crippen molar-refractivity contribution in [3.05, 3.63) is 47.8 Å². The van der Waals surface area contributed by atoms with E-state index in [1.165, 1.54) is 17.1 Å². The Morgan fingerprint density at radius 3 is 2.59 bits per heavy atom. The molecule has 0 aliphatic rings. The topological polar surface area (TPSA) is 43.8 Å². The van der Waals surface area contributed by atoms with Gasteiger partial charge in [-0.25, -0.2) is 18.2 Å². The van der Waals surface area contributed by atoms with Crippen LogP contribution in [0, 0.1) is 17.5 Å².